The van der Waals surface area contributed by atoms with Gasteiger partial charge in [0.05, 0.1) is 12.5 Å². The van der Waals surface area contributed by atoms with E-state index in [9.17, 15) is 9.18 Å². The fourth-order valence-electron chi connectivity index (χ4n) is 0.924. The second-order valence-corrected chi connectivity index (χ2v) is 3.58. The molecule has 0 saturated heterocycles. The molecule has 0 N–H and O–H groups in total. The summed E-state index contributed by atoms with van der Waals surface area (Å²) in [7, 11) is 0. The third kappa shape index (κ3) is 2.25. The summed E-state index contributed by atoms with van der Waals surface area (Å²) >= 11 is 1.88. The Kier molecular flexibility index (Phi) is 3.37. The van der Waals surface area contributed by atoms with Crippen molar-refractivity contribution in [1.82, 2.24) is 0 Å². The quantitative estimate of drug-likeness (QED) is 0.619. The Bertz CT molecular complexity index is 384. The fraction of sp³-hybridized carbons (Fsp3) is 0.111. The molecule has 0 fully saturated rings. The molecule has 1 aromatic carbocycles. The Hall–Kier alpha value is -0.960. The van der Waals surface area contributed by atoms with Crippen LogP contribution >= 0.6 is 22.6 Å². The zero-order chi connectivity index (χ0) is 9.84. The lowest BCUT2D eigenvalue weighted by Gasteiger charge is -2.01. The van der Waals surface area contributed by atoms with Crippen LogP contribution in [0.25, 0.3) is 0 Å². The van der Waals surface area contributed by atoms with E-state index in [1.807, 2.05) is 28.7 Å². The van der Waals surface area contributed by atoms with Gasteiger partial charge in [-0.2, -0.15) is 5.26 Å². The van der Waals surface area contributed by atoms with E-state index in [0.29, 0.717) is 15.4 Å². The van der Waals surface area contributed by atoms with Crippen LogP contribution in [0.15, 0.2) is 12.1 Å². The lowest BCUT2D eigenvalue weighted by Crippen LogP contribution is -1.95. The predicted molar refractivity (Wildman–Crippen MR) is 53.8 cm³/mol. The van der Waals surface area contributed by atoms with Crippen molar-refractivity contribution in [2.45, 2.75) is 6.42 Å². The predicted octanol–water partition coefficient (Wildman–Crippen LogP) is 2.31. The minimum absolute atomic E-state index is 0.0103. The van der Waals surface area contributed by atoms with Crippen molar-refractivity contribution < 1.29 is 9.18 Å². The van der Waals surface area contributed by atoms with Crippen molar-refractivity contribution in [3.05, 3.63) is 32.6 Å². The molecule has 0 aliphatic carbocycles. The Morgan fingerprint density at radius 3 is 2.85 bits per heavy atom. The summed E-state index contributed by atoms with van der Waals surface area (Å²) in [5.41, 5.74) is 0.692. The molecule has 0 radical (unpaired) electrons. The van der Waals surface area contributed by atoms with Gasteiger partial charge in [-0.15, -0.1) is 0 Å². The molecule has 2 nitrogen and oxygen atoms in total. The number of hydrogen-bond donors (Lipinski definition) is 0. The molecule has 4 heteroatoms. The molecule has 0 bridgehead atoms. The fourth-order valence-corrected chi connectivity index (χ4v) is 1.48. The Labute approximate surface area is 88.5 Å². The molecular weight excluding hydrogens is 284 g/mol. The first-order chi connectivity index (χ1) is 6.19. The number of aldehydes is 1. The minimum atomic E-state index is -0.434. The number of carbonyl (C=O) groups excluding carboxylic acids is 1. The van der Waals surface area contributed by atoms with Gasteiger partial charge in [0.25, 0.3) is 0 Å². The summed E-state index contributed by atoms with van der Waals surface area (Å²) in [6, 6.07) is 4.51. The second kappa shape index (κ2) is 4.33. The van der Waals surface area contributed by atoms with Gasteiger partial charge in [0.1, 0.15) is 5.82 Å². The van der Waals surface area contributed by atoms with Crippen molar-refractivity contribution in [3.8, 4) is 6.07 Å². The highest BCUT2D eigenvalue weighted by molar-refractivity contribution is 14.1. The first-order valence-electron chi connectivity index (χ1n) is 3.49. The summed E-state index contributed by atoms with van der Waals surface area (Å²) in [4.78, 5) is 10.5. The van der Waals surface area contributed by atoms with E-state index in [4.69, 9.17) is 5.26 Å². The molecule has 0 amide bonds. The highest BCUT2D eigenvalue weighted by Gasteiger charge is 2.06. The standard InChI is InChI=1S/C9H5FINO/c10-8-4-9(11)7(5-13)3-6(8)1-2-12/h3-5H,1H2. The number of halogens is 2. The summed E-state index contributed by atoms with van der Waals surface area (Å²) < 4.78 is 13.6. The van der Waals surface area contributed by atoms with Gasteiger partial charge < -0.3 is 0 Å². The van der Waals surface area contributed by atoms with Gasteiger partial charge in [0, 0.05) is 14.7 Å². The normalized spacial score (nSPS) is 9.31. The summed E-state index contributed by atoms with van der Waals surface area (Å²) in [5.74, 6) is -0.434. The van der Waals surface area contributed by atoms with E-state index in [1.165, 1.54) is 12.1 Å². The van der Waals surface area contributed by atoms with Crippen LogP contribution < -0.4 is 0 Å². The molecule has 0 unspecified atom stereocenters. The van der Waals surface area contributed by atoms with Crippen LogP contribution in [0, 0.1) is 20.7 Å². The number of nitrogens with zero attached hydrogens (tertiary/aromatic N) is 1. The molecule has 0 aromatic heterocycles. The molecule has 1 aromatic rings. The highest BCUT2D eigenvalue weighted by atomic mass is 127. The second-order valence-electron chi connectivity index (χ2n) is 2.42. The van der Waals surface area contributed by atoms with Crippen molar-refractivity contribution >= 4 is 28.9 Å². The number of carbonyl (C=O) groups is 1. The van der Waals surface area contributed by atoms with E-state index in [2.05, 4.69) is 0 Å². The average Bonchev–Trinajstić information content (AvgIpc) is 2.10. The van der Waals surface area contributed by atoms with E-state index in [0.717, 1.165) is 0 Å². The minimum Gasteiger partial charge on any atom is -0.298 e. The maximum atomic E-state index is 13.1. The molecule has 66 valence electrons. The Balaban J connectivity index is 3.23. The summed E-state index contributed by atoms with van der Waals surface area (Å²) in [5, 5.41) is 8.37. The van der Waals surface area contributed by atoms with E-state index in [-0.39, 0.29) is 12.0 Å². The molecule has 0 atom stereocenters. The van der Waals surface area contributed by atoms with Gasteiger partial charge >= 0.3 is 0 Å². The van der Waals surface area contributed by atoms with Gasteiger partial charge in [-0.25, -0.2) is 4.39 Å². The first-order valence-corrected chi connectivity index (χ1v) is 4.57. The highest BCUT2D eigenvalue weighted by Crippen LogP contribution is 2.16. The molecule has 0 heterocycles. The van der Waals surface area contributed by atoms with Crippen molar-refractivity contribution in [2.24, 2.45) is 0 Å². The molecule has 13 heavy (non-hydrogen) atoms. The first kappa shape index (κ1) is 10.1. The largest absolute Gasteiger partial charge is 0.298 e. The van der Waals surface area contributed by atoms with E-state index < -0.39 is 5.82 Å². The molecule has 0 spiro atoms. The molecule has 0 aliphatic heterocycles. The van der Waals surface area contributed by atoms with Gasteiger partial charge in [0.15, 0.2) is 6.29 Å². The average molecular weight is 289 g/mol. The smallest absolute Gasteiger partial charge is 0.151 e. The number of rotatable bonds is 2. The van der Waals surface area contributed by atoms with Crippen LogP contribution in [-0.4, -0.2) is 6.29 Å². The molecular formula is C9H5FINO. The molecule has 0 saturated carbocycles. The Morgan fingerprint density at radius 1 is 1.62 bits per heavy atom. The van der Waals surface area contributed by atoms with E-state index >= 15 is 0 Å². The van der Waals surface area contributed by atoms with Crippen LogP contribution in [-0.2, 0) is 6.42 Å². The van der Waals surface area contributed by atoms with Gasteiger partial charge in [0.2, 0.25) is 0 Å². The number of hydrogen-bond acceptors (Lipinski definition) is 2. The lowest BCUT2D eigenvalue weighted by atomic mass is 10.1. The lowest BCUT2D eigenvalue weighted by molar-refractivity contribution is 0.112. The zero-order valence-corrected chi connectivity index (χ0v) is 8.71. The van der Waals surface area contributed by atoms with Crippen LogP contribution in [0.3, 0.4) is 0 Å². The van der Waals surface area contributed by atoms with Gasteiger partial charge in [-0.3, -0.25) is 4.79 Å². The van der Waals surface area contributed by atoms with E-state index in [1.54, 1.807) is 0 Å². The summed E-state index contributed by atoms with van der Waals surface area (Å²) in [6.07, 6.45) is 0.645. The topological polar surface area (TPSA) is 40.9 Å². The van der Waals surface area contributed by atoms with Crippen LogP contribution in [0.5, 0.6) is 0 Å². The SMILES string of the molecule is N#CCc1cc(C=O)c(I)cc1F. The maximum absolute atomic E-state index is 13.1. The third-order valence-corrected chi connectivity index (χ3v) is 2.50. The van der Waals surface area contributed by atoms with Crippen molar-refractivity contribution in [2.75, 3.05) is 0 Å². The van der Waals surface area contributed by atoms with Crippen molar-refractivity contribution in [3.63, 3.8) is 0 Å². The number of nitriles is 1. The van der Waals surface area contributed by atoms with Crippen molar-refractivity contribution in [1.29, 1.82) is 5.26 Å². The number of benzene rings is 1. The van der Waals surface area contributed by atoms with Crippen LogP contribution in [0.2, 0.25) is 0 Å². The van der Waals surface area contributed by atoms with Gasteiger partial charge in [-0.1, -0.05) is 0 Å². The monoisotopic (exact) mass is 289 g/mol. The zero-order valence-electron chi connectivity index (χ0n) is 6.55. The Morgan fingerprint density at radius 2 is 2.31 bits per heavy atom. The molecule has 0 aliphatic rings. The van der Waals surface area contributed by atoms with Crippen LogP contribution in [0.4, 0.5) is 4.39 Å². The van der Waals surface area contributed by atoms with Gasteiger partial charge in [-0.05, 0) is 34.7 Å². The third-order valence-electron chi connectivity index (χ3n) is 1.56. The summed E-state index contributed by atoms with van der Waals surface area (Å²) in [6.45, 7) is 0. The molecule has 1 rings (SSSR count). The van der Waals surface area contributed by atoms with Crippen LogP contribution in [0.1, 0.15) is 15.9 Å². The maximum Gasteiger partial charge on any atom is 0.151 e.